The summed E-state index contributed by atoms with van der Waals surface area (Å²) >= 11 is 0. The average Bonchev–Trinajstić information content (AvgIpc) is 3.16. The molecule has 4 rings (SSSR count). The van der Waals surface area contributed by atoms with Gasteiger partial charge in [0, 0.05) is 16.5 Å². The van der Waals surface area contributed by atoms with Crippen molar-refractivity contribution in [1.29, 1.82) is 0 Å². The summed E-state index contributed by atoms with van der Waals surface area (Å²) < 4.78 is 0. The number of carbonyl (C=O) groups excluding carboxylic acids is 1. The van der Waals surface area contributed by atoms with Crippen molar-refractivity contribution < 1.29 is 4.79 Å². The quantitative estimate of drug-likeness (QED) is 0.561. The van der Waals surface area contributed by atoms with Gasteiger partial charge in [0.15, 0.2) is 5.82 Å². The van der Waals surface area contributed by atoms with E-state index in [-0.39, 0.29) is 6.03 Å². The van der Waals surface area contributed by atoms with E-state index in [1.165, 1.54) is 6.33 Å². The molecule has 0 aliphatic carbocycles. The summed E-state index contributed by atoms with van der Waals surface area (Å²) in [5.74, 6) is 0.622. The molecule has 2 amide bonds. The Morgan fingerprint density at radius 3 is 2.90 bits per heavy atom. The first-order valence-electron chi connectivity index (χ1n) is 6.39. The van der Waals surface area contributed by atoms with Crippen LogP contribution in [0, 0.1) is 0 Å². The summed E-state index contributed by atoms with van der Waals surface area (Å²) in [4.78, 5) is 18.4. The molecule has 0 bridgehead atoms. The molecule has 3 aromatic rings. The summed E-state index contributed by atoms with van der Waals surface area (Å²) in [5, 5.41) is 14.5. The summed E-state index contributed by atoms with van der Waals surface area (Å²) in [5.41, 5.74) is 6.00. The van der Waals surface area contributed by atoms with Gasteiger partial charge in [-0.3, -0.25) is 5.10 Å². The van der Waals surface area contributed by atoms with Crippen molar-refractivity contribution in [2.75, 3.05) is 6.54 Å². The number of rotatable bonds is 2. The molecule has 0 radical (unpaired) electrons. The highest BCUT2D eigenvalue weighted by Gasteiger charge is 2.13. The standard InChI is InChI=1S/C13H11N7O/c21-13-14-5-11(18-20-13)7-1-2-9-8(3-7)4-10(17-9)12-15-6-16-19-12/h1-4,6,17H,5H2,(H2,14,20,21)(H,15,16,19). The van der Waals surface area contributed by atoms with Gasteiger partial charge in [-0.25, -0.2) is 15.2 Å². The minimum absolute atomic E-state index is 0.284. The molecule has 0 unspecified atom stereocenters. The van der Waals surface area contributed by atoms with Crippen molar-refractivity contribution in [3.05, 3.63) is 36.2 Å². The lowest BCUT2D eigenvalue weighted by Crippen LogP contribution is -2.42. The van der Waals surface area contributed by atoms with Gasteiger partial charge in [0.1, 0.15) is 6.33 Å². The van der Waals surface area contributed by atoms with Crippen LogP contribution in [0.25, 0.3) is 22.4 Å². The Hall–Kier alpha value is -3.16. The largest absolute Gasteiger partial charge is 0.352 e. The Balaban J connectivity index is 1.75. The first-order valence-corrected chi connectivity index (χ1v) is 6.39. The van der Waals surface area contributed by atoms with Gasteiger partial charge in [0.2, 0.25) is 0 Å². The zero-order valence-corrected chi connectivity index (χ0v) is 10.8. The Morgan fingerprint density at radius 2 is 2.14 bits per heavy atom. The number of H-pyrrole nitrogens is 2. The van der Waals surface area contributed by atoms with E-state index in [1.807, 2.05) is 24.3 Å². The molecule has 0 saturated heterocycles. The maximum absolute atomic E-state index is 11.0. The highest BCUT2D eigenvalue weighted by Crippen LogP contribution is 2.22. The third-order valence-corrected chi connectivity index (χ3v) is 3.32. The molecule has 1 aliphatic rings. The number of hydrazone groups is 1. The second-order valence-corrected chi connectivity index (χ2v) is 4.66. The fraction of sp³-hybridized carbons (Fsp3) is 0.0769. The smallest absolute Gasteiger partial charge is 0.335 e. The molecular formula is C13H11N7O. The molecule has 8 heteroatoms. The summed E-state index contributed by atoms with van der Waals surface area (Å²) in [6.07, 6.45) is 1.54. The van der Waals surface area contributed by atoms with Crippen LogP contribution in [0.15, 0.2) is 35.7 Å². The SMILES string of the molecule is O=C1NCC(c2ccc3[nH]c(-c4nc[nH]n4)cc3c2)=NN1. The van der Waals surface area contributed by atoms with Gasteiger partial charge in [-0.15, -0.1) is 0 Å². The van der Waals surface area contributed by atoms with Crippen LogP contribution in [0.3, 0.4) is 0 Å². The number of amides is 2. The van der Waals surface area contributed by atoms with E-state index in [1.54, 1.807) is 0 Å². The van der Waals surface area contributed by atoms with Gasteiger partial charge >= 0.3 is 6.03 Å². The minimum Gasteiger partial charge on any atom is -0.352 e. The number of carbonyl (C=O) groups is 1. The van der Waals surface area contributed by atoms with Gasteiger partial charge in [-0.1, -0.05) is 6.07 Å². The molecule has 0 spiro atoms. The lowest BCUT2D eigenvalue weighted by atomic mass is 10.1. The average molecular weight is 281 g/mol. The van der Waals surface area contributed by atoms with Crippen molar-refractivity contribution in [1.82, 2.24) is 30.9 Å². The van der Waals surface area contributed by atoms with E-state index in [4.69, 9.17) is 0 Å². The maximum atomic E-state index is 11.0. The predicted molar refractivity (Wildman–Crippen MR) is 76.7 cm³/mol. The Kier molecular flexibility index (Phi) is 2.46. The van der Waals surface area contributed by atoms with Crippen molar-refractivity contribution in [2.45, 2.75) is 0 Å². The fourth-order valence-corrected chi connectivity index (χ4v) is 2.30. The van der Waals surface area contributed by atoms with Crippen LogP contribution in [-0.2, 0) is 0 Å². The highest BCUT2D eigenvalue weighted by atomic mass is 16.2. The number of aromatic amines is 2. The Bertz CT molecular complexity index is 847. The van der Waals surface area contributed by atoms with Crippen molar-refractivity contribution in [3.8, 4) is 11.5 Å². The molecule has 0 fully saturated rings. The molecule has 0 atom stereocenters. The predicted octanol–water partition coefficient (Wildman–Crippen LogP) is 0.970. The van der Waals surface area contributed by atoms with Crippen molar-refractivity contribution in [2.24, 2.45) is 5.10 Å². The molecule has 4 N–H and O–H groups in total. The first kappa shape index (κ1) is 11.6. The number of fused-ring (bicyclic) bond motifs is 1. The third-order valence-electron chi connectivity index (χ3n) is 3.32. The van der Waals surface area contributed by atoms with E-state index >= 15 is 0 Å². The molecule has 1 aromatic carbocycles. The first-order chi connectivity index (χ1) is 10.3. The van der Waals surface area contributed by atoms with Crippen LogP contribution >= 0.6 is 0 Å². The van der Waals surface area contributed by atoms with Gasteiger partial charge in [-0.2, -0.15) is 10.2 Å². The summed E-state index contributed by atoms with van der Waals surface area (Å²) in [7, 11) is 0. The lowest BCUT2D eigenvalue weighted by molar-refractivity contribution is 0.241. The molecule has 1 aliphatic heterocycles. The lowest BCUT2D eigenvalue weighted by Gasteiger charge is -2.13. The van der Waals surface area contributed by atoms with E-state index in [2.05, 4.69) is 36.0 Å². The van der Waals surface area contributed by atoms with E-state index in [9.17, 15) is 4.79 Å². The maximum Gasteiger partial charge on any atom is 0.335 e. The van der Waals surface area contributed by atoms with Crippen LogP contribution in [0.2, 0.25) is 0 Å². The number of hydrogen-bond acceptors (Lipinski definition) is 4. The van der Waals surface area contributed by atoms with Crippen LogP contribution in [0.1, 0.15) is 5.56 Å². The molecule has 0 saturated carbocycles. The van der Waals surface area contributed by atoms with Crippen LogP contribution in [0.4, 0.5) is 4.79 Å². The number of hydrogen-bond donors (Lipinski definition) is 4. The zero-order valence-electron chi connectivity index (χ0n) is 10.8. The van der Waals surface area contributed by atoms with Crippen LogP contribution in [0.5, 0.6) is 0 Å². The van der Waals surface area contributed by atoms with Gasteiger partial charge < -0.3 is 10.3 Å². The second kappa shape index (κ2) is 4.44. The topological polar surface area (TPSA) is 111 Å². The summed E-state index contributed by atoms with van der Waals surface area (Å²) in [6.45, 7) is 0.412. The van der Waals surface area contributed by atoms with Gasteiger partial charge in [0.25, 0.3) is 0 Å². The Labute approximate surface area is 118 Å². The second-order valence-electron chi connectivity index (χ2n) is 4.66. The van der Waals surface area contributed by atoms with Crippen molar-refractivity contribution >= 4 is 22.6 Å². The van der Waals surface area contributed by atoms with E-state index < -0.39 is 0 Å². The third kappa shape index (κ3) is 2.02. The number of urea groups is 1. The highest BCUT2D eigenvalue weighted by molar-refractivity contribution is 6.07. The zero-order chi connectivity index (χ0) is 14.2. The van der Waals surface area contributed by atoms with Gasteiger partial charge in [0.05, 0.1) is 18.0 Å². The number of nitrogens with zero attached hydrogens (tertiary/aromatic N) is 3. The summed E-state index contributed by atoms with van der Waals surface area (Å²) in [6, 6.07) is 7.64. The molecule has 8 nitrogen and oxygen atoms in total. The van der Waals surface area contributed by atoms with Crippen LogP contribution < -0.4 is 10.7 Å². The van der Waals surface area contributed by atoms with Crippen molar-refractivity contribution in [3.63, 3.8) is 0 Å². The molecular weight excluding hydrogens is 270 g/mol. The molecule has 21 heavy (non-hydrogen) atoms. The molecule has 3 heterocycles. The number of nitrogens with one attached hydrogen (secondary N) is 4. The number of aromatic nitrogens is 4. The molecule has 2 aromatic heterocycles. The molecule has 104 valence electrons. The van der Waals surface area contributed by atoms with Crippen LogP contribution in [-0.4, -0.2) is 38.5 Å². The number of benzene rings is 1. The van der Waals surface area contributed by atoms with E-state index in [0.29, 0.717) is 12.4 Å². The fourth-order valence-electron chi connectivity index (χ4n) is 2.30. The normalized spacial score (nSPS) is 14.7. The minimum atomic E-state index is -0.284. The van der Waals surface area contributed by atoms with E-state index in [0.717, 1.165) is 27.9 Å². The monoisotopic (exact) mass is 281 g/mol. The van der Waals surface area contributed by atoms with Gasteiger partial charge in [-0.05, 0) is 18.2 Å². The Morgan fingerprint density at radius 1 is 1.19 bits per heavy atom.